The van der Waals surface area contributed by atoms with Gasteiger partial charge in [0.1, 0.15) is 0 Å². The van der Waals surface area contributed by atoms with Crippen molar-refractivity contribution in [1.82, 2.24) is 4.31 Å². The first kappa shape index (κ1) is 21.3. The molecule has 0 radical (unpaired) electrons. The molecule has 1 amide bonds. The predicted molar refractivity (Wildman–Crippen MR) is 116 cm³/mol. The van der Waals surface area contributed by atoms with Crippen molar-refractivity contribution in [3.8, 4) is 0 Å². The molecule has 0 unspecified atom stereocenters. The molecular weight excluding hydrogens is 431 g/mol. The van der Waals surface area contributed by atoms with Crippen LogP contribution in [-0.4, -0.2) is 25.7 Å². The number of nitrogens with one attached hydrogen (secondary N) is 1. The number of halogens is 2. The second kappa shape index (κ2) is 8.97. The van der Waals surface area contributed by atoms with Crippen molar-refractivity contribution in [2.45, 2.75) is 11.4 Å². The van der Waals surface area contributed by atoms with Gasteiger partial charge >= 0.3 is 0 Å². The van der Waals surface area contributed by atoms with E-state index in [-0.39, 0.29) is 22.4 Å². The fourth-order valence-corrected chi connectivity index (χ4v) is 4.20. The van der Waals surface area contributed by atoms with Crippen LogP contribution in [0.2, 0.25) is 10.0 Å². The Labute approximate surface area is 179 Å². The average molecular weight is 449 g/mol. The third-order valence-electron chi connectivity index (χ3n) is 4.27. The van der Waals surface area contributed by atoms with Crippen LogP contribution in [-0.2, 0) is 16.6 Å². The highest BCUT2D eigenvalue weighted by molar-refractivity contribution is 7.89. The SMILES string of the molecule is CN(Cc1ccc(C(=O)Nc2cccc(Cl)c2Cl)cc1)S(=O)(=O)c1ccccc1. The molecule has 0 atom stereocenters. The summed E-state index contributed by atoms with van der Waals surface area (Å²) in [4.78, 5) is 12.7. The van der Waals surface area contributed by atoms with Crippen molar-refractivity contribution in [2.24, 2.45) is 0 Å². The molecule has 3 aromatic rings. The zero-order valence-electron chi connectivity index (χ0n) is 15.5. The van der Waals surface area contributed by atoms with Crippen molar-refractivity contribution < 1.29 is 13.2 Å². The van der Waals surface area contributed by atoms with Crippen LogP contribution in [0, 0.1) is 0 Å². The maximum Gasteiger partial charge on any atom is 0.255 e. The largest absolute Gasteiger partial charge is 0.321 e. The number of hydrogen-bond acceptors (Lipinski definition) is 3. The number of anilines is 1. The molecule has 0 aromatic heterocycles. The molecule has 8 heteroatoms. The fourth-order valence-electron chi connectivity index (χ4n) is 2.67. The van der Waals surface area contributed by atoms with Gasteiger partial charge in [-0.1, -0.05) is 59.6 Å². The highest BCUT2D eigenvalue weighted by Gasteiger charge is 2.20. The first-order valence-electron chi connectivity index (χ1n) is 8.65. The highest BCUT2D eigenvalue weighted by Crippen LogP contribution is 2.29. The summed E-state index contributed by atoms with van der Waals surface area (Å²) in [5, 5.41) is 3.33. The third kappa shape index (κ3) is 4.97. The summed E-state index contributed by atoms with van der Waals surface area (Å²) in [5.74, 6) is -0.342. The standard InChI is InChI=1S/C21H18Cl2N2O3S/c1-25(29(27,28)17-6-3-2-4-7-17)14-15-10-12-16(13-11-15)21(26)24-19-9-5-8-18(22)20(19)23/h2-13H,14H2,1H3,(H,24,26). The maximum atomic E-state index is 12.6. The van der Waals surface area contributed by atoms with Gasteiger partial charge in [-0.3, -0.25) is 4.79 Å². The summed E-state index contributed by atoms with van der Waals surface area (Å²) in [5.41, 5.74) is 1.59. The van der Waals surface area contributed by atoms with Gasteiger partial charge < -0.3 is 5.32 Å². The minimum atomic E-state index is -3.59. The van der Waals surface area contributed by atoms with E-state index in [1.807, 2.05) is 0 Å². The van der Waals surface area contributed by atoms with Gasteiger partial charge in [-0.25, -0.2) is 8.42 Å². The summed E-state index contributed by atoms with van der Waals surface area (Å²) in [6.45, 7) is 0.180. The lowest BCUT2D eigenvalue weighted by Crippen LogP contribution is -2.26. The van der Waals surface area contributed by atoms with Crippen LogP contribution >= 0.6 is 23.2 Å². The van der Waals surface area contributed by atoms with Gasteiger partial charge in [-0.05, 0) is 42.0 Å². The average Bonchev–Trinajstić information content (AvgIpc) is 2.72. The number of nitrogens with zero attached hydrogens (tertiary/aromatic N) is 1. The number of sulfonamides is 1. The molecule has 0 spiro atoms. The van der Waals surface area contributed by atoms with E-state index in [1.54, 1.807) is 72.8 Å². The number of hydrogen-bond donors (Lipinski definition) is 1. The van der Waals surface area contributed by atoms with Gasteiger partial charge in [0.25, 0.3) is 5.91 Å². The summed E-state index contributed by atoms with van der Waals surface area (Å²) >= 11 is 12.0. The van der Waals surface area contributed by atoms with Crippen LogP contribution in [0.1, 0.15) is 15.9 Å². The summed E-state index contributed by atoms with van der Waals surface area (Å²) in [6, 6.07) is 19.9. The molecule has 0 bridgehead atoms. The van der Waals surface area contributed by atoms with Gasteiger partial charge in [0, 0.05) is 19.2 Å². The second-order valence-corrected chi connectivity index (χ2v) is 9.16. The molecule has 0 fully saturated rings. The zero-order chi connectivity index (χ0) is 21.0. The molecule has 0 aliphatic rings. The van der Waals surface area contributed by atoms with Gasteiger partial charge in [0.15, 0.2) is 0 Å². The topological polar surface area (TPSA) is 66.5 Å². The lowest BCUT2D eigenvalue weighted by Gasteiger charge is -2.17. The number of carbonyl (C=O) groups is 1. The van der Waals surface area contributed by atoms with E-state index in [0.717, 1.165) is 5.56 Å². The second-order valence-electron chi connectivity index (χ2n) is 6.33. The first-order valence-corrected chi connectivity index (χ1v) is 10.8. The minimum Gasteiger partial charge on any atom is -0.321 e. The van der Waals surface area contributed by atoms with Crippen LogP contribution in [0.25, 0.3) is 0 Å². The van der Waals surface area contributed by atoms with Crippen molar-refractivity contribution in [3.63, 3.8) is 0 Å². The number of amides is 1. The maximum absolute atomic E-state index is 12.6. The highest BCUT2D eigenvalue weighted by atomic mass is 35.5. The van der Waals surface area contributed by atoms with Crippen LogP contribution in [0.15, 0.2) is 77.7 Å². The lowest BCUT2D eigenvalue weighted by molar-refractivity contribution is 0.102. The summed E-state index contributed by atoms with van der Waals surface area (Å²) in [7, 11) is -2.07. The molecule has 1 N–H and O–H groups in total. The van der Waals surface area contributed by atoms with Crippen LogP contribution in [0.5, 0.6) is 0 Å². The Morgan fingerprint density at radius 2 is 1.59 bits per heavy atom. The normalized spacial score (nSPS) is 11.4. The molecule has 0 aliphatic carbocycles. The fraction of sp³-hybridized carbons (Fsp3) is 0.0952. The molecule has 0 aliphatic heterocycles. The monoisotopic (exact) mass is 448 g/mol. The molecule has 0 heterocycles. The molecule has 29 heavy (non-hydrogen) atoms. The molecule has 3 rings (SSSR count). The van der Waals surface area contributed by atoms with Gasteiger partial charge in [0.2, 0.25) is 10.0 Å². The van der Waals surface area contributed by atoms with Crippen molar-refractivity contribution >= 4 is 44.8 Å². The Morgan fingerprint density at radius 3 is 2.24 bits per heavy atom. The van der Waals surface area contributed by atoms with Crippen molar-refractivity contribution in [3.05, 3.63) is 94.0 Å². The Kier molecular flexibility index (Phi) is 6.59. The van der Waals surface area contributed by atoms with E-state index in [9.17, 15) is 13.2 Å². The van der Waals surface area contributed by atoms with Gasteiger partial charge in [0.05, 0.1) is 20.6 Å². The van der Waals surface area contributed by atoms with Crippen LogP contribution in [0.4, 0.5) is 5.69 Å². The van der Waals surface area contributed by atoms with E-state index in [0.29, 0.717) is 16.3 Å². The lowest BCUT2D eigenvalue weighted by atomic mass is 10.1. The van der Waals surface area contributed by atoms with Gasteiger partial charge in [-0.2, -0.15) is 4.31 Å². The summed E-state index contributed by atoms with van der Waals surface area (Å²) < 4.78 is 26.5. The predicted octanol–water partition coefficient (Wildman–Crippen LogP) is 5.07. The Morgan fingerprint density at radius 1 is 0.931 bits per heavy atom. The number of carbonyl (C=O) groups excluding carboxylic acids is 1. The smallest absolute Gasteiger partial charge is 0.255 e. The molecular formula is C21H18Cl2N2O3S. The molecule has 150 valence electrons. The van der Waals surface area contributed by atoms with E-state index in [2.05, 4.69) is 5.32 Å². The van der Waals surface area contributed by atoms with E-state index >= 15 is 0 Å². The van der Waals surface area contributed by atoms with E-state index in [1.165, 1.54) is 11.4 Å². The molecule has 3 aromatic carbocycles. The summed E-state index contributed by atoms with van der Waals surface area (Å²) in [6.07, 6.45) is 0. The molecule has 0 saturated heterocycles. The van der Waals surface area contributed by atoms with E-state index < -0.39 is 10.0 Å². The Balaban J connectivity index is 1.70. The molecule has 5 nitrogen and oxygen atoms in total. The molecule has 0 saturated carbocycles. The minimum absolute atomic E-state index is 0.180. The Bertz CT molecular complexity index is 1120. The number of rotatable bonds is 6. The van der Waals surface area contributed by atoms with Crippen molar-refractivity contribution in [1.29, 1.82) is 0 Å². The first-order chi connectivity index (χ1) is 13.8. The van der Waals surface area contributed by atoms with Crippen LogP contribution < -0.4 is 5.32 Å². The van der Waals surface area contributed by atoms with Crippen molar-refractivity contribution in [2.75, 3.05) is 12.4 Å². The van der Waals surface area contributed by atoms with Crippen LogP contribution in [0.3, 0.4) is 0 Å². The quantitative estimate of drug-likeness (QED) is 0.572. The number of benzene rings is 3. The third-order valence-corrected chi connectivity index (χ3v) is 6.91. The van der Waals surface area contributed by atoms with Gasteiger partial charge in [-0.15, -0.1) is 0 Å². The Hall–Kier alpha value is -2.38. The van der Waals surface area contributed by atoms with E-state index in [4.69, 9.17) is 23.2 Å². The zero-order valence-corrected chi connectivity index (χ0v) is 17.8.